The molecule has 2 aliphatic rings. The summed E-state index contributed by atoms with van der Waals surface area (Å²) in [5.74, 6) is 0.691. The van der Waals surface area contributed by atoms with Crippen LogP contribution in [0.5, 0.6) is 0 Å². The Balaban J connectivity index is 1.80. The number of carbonyl (C=O) groups excluding carboxylic acids is 1. The monoisotopic (exact) mass is 356 g/mol. The van der Waals surface area contributed by atoms with Crippen LogP contribution < -0.4 is 0 Å². The summed E-state index contributed by atoms with van der Waals surface area (Å²) >= 11 is 0. The van der Waals surface area contributed by atoms with Crippen molar-refractivity contribution in [2.24, 2.45) is 10.8 Å². The van der Waals surface area contributed by atoms with E-state index in [1.165, 1.54) is 16.7 Å². The van der Waals surface area contributed by atoms with Crippen molar-refractivity contribution < 1.29 is 4.79 Å². The van der Waals surface area contributed by atoms with E-state index in [0.717, 1.165) is 19.3 Å². The molecule has 2 aromatic carbocycles. The molecule has 4 rings (SSSR count). The first kappa shape index (κ1) is 18.0. The molecule has 2 bridgehead atoms. The van der Waals surface area contributed by atoms with Gasteiger partial charge in [-0.1, -0.05) is 92.7 Å². The van der Waals surface area contributed by atoms with Crippen LogP contribution in [0.25, 0.3) is 6.08 Å². The topological polar surface area (TPSA) is 17.1 Å². The van der Waals surface area contributed by atoms with E-state index in [9.17, 15) is 4.79 Å². The Morgan fingerprint density at radius 2 is 1.59 bits per heavy atom. The van der Waals surface area contributed by atoms with Gasteiger partial charge in [0.15, 0.2) is 0 Å². The minimum atomic E-state index is -0.266. The summed E-state index contributed by atoms with van der Waals surface area (Å²) in [4.78, 5) is 13.2. The lowest BCUT2D eigenvalue weighted by Gasteiger charge is -2.46. The lowest BCUT2D eigenvalue weighted by Crippen LogP contribution is -2.41. The van der Waals surface area contributed by atoms with Crippen molar-refractivity contribution in [3.8, 4) is 0 Å². The molecule has 1 saturated carbocycles. The van der Waals surface area contributed by atoms with Gasteiger partial charge in [0.1, 0.15) is 5.78 Å². The molecule has 27 heavy (non-hydrogen) atoms. The molecule has 1 heteroatoms. The normalized spacial score (nSPS) is 29.9. The van der Waals surface area contributed by atoms with E-state index in [0.29, 0.717) is 12.2 Å². The third-order valence-corrected chi connectivity index (χ3v) is 6.97. The molecule has 1 fully saturated rings. The summed E-state index contributed by atoms with van der Waals surface area (Å²) in [7, 11) is 0. The summed E-state index contributed by atoms with van der Waals surface area (Å²) in [5, 5.41) is 0. The van der Waals surface area contributed by atoms with E-state index >= 15 is 0 Å². The SMILES string of the molecule is CCC12C=C(/C=C/c3ccccc3)C(CC)(C1)C(c1ccccc1)CC2=O. The van der Waals surface area contributed by atoms with Crippen LogP contribution in [0.3, 0.4) is 0 Å². The standard InChI is InChI=1S/C26H28O/c1-3-25-18-22(16-15-20-11-7-5-8-12-20)26(4-2,19-25)23(17-24(25)27)21-13-9-6-10-14-21/h5-16,18,23H,3-4,17,19H2,1-2H3/b16-15+. The van der Waals surface area contributed by atoms with E-state index < -0.39 is 0 Å². The predicted molar refractivity (Wildman–Crippen MR) is 112 cm³/mol. The Hall–Kier alpha value is -2.41. The van der Waals surface area contributed by atoms with E-state index in [4.69, 9.17) is 0 Å². The molecule has 3 unspecified atom stereocenters. The second kappa shape index (κ2) is 6.96. The lowest BCUT2D eigenvalue weighted by molar-refractivity contribution is -0.131. The molecule has 0 heterocycles. The summed E-state index contributed by atoms with van der Waals surface area (Å²) in [6.45, 7) is 4.46. The van der Waals surface area contributed by atoms with Gasteiger partial charge in [0.25, 0.3) is 0 Å². The Bertz CT molecular complexity index is 877. The molecule has 3 atom stereocenters. The molecular weight excluding hydrogens is 328 g/mol. The number of fused-ring (bicyclic) bond motifs is 2. The maximum absolute atomic E-state index is 13.2. The number of Topliss-reactive ketones (excluding diaryl/α,β-unsaturated/α-hetero) is 1. The van der Waals surface area contributed by atoms with Gasteiger partial charge < -0.3 is 0 Å². The number of hydrogen-bond acceptors (Lipinski definition) is 1. The Morgan fingerprint density at radius 1 is 0.926 bits per heavy atom. The van der Waals surface area contributed by atoms with E-state index in [2.05, 4.69) is 86.7 Å². The first-order valence-electron chi connectivity index (χ1n) is 10.2. The van der Waals surface area contributed by atoms with Crippen molar-refractivity contribution in [3.05, 3.63) is 89.5 Å². The van der Waals surface area contributed by atoms with Gasteiger partial charge in [-0.3, -0.25) is 4.79 Å². The zero-order valence-corrected chi connectivity index (χ0v) is 16.3. The van der Waals surface area contributed by atoms with Gasteiger partial charge in [-0.05, 0) is 36.0 Å². The zero-order chi connectivity index (χ0) is 18.9. The number of allylic oxidation sites excluding steroid dienone is 3. The lowest BCUT2D eigenvalue weighted by atomic mass is 9.56. The third kappa shape index (κ3) is 2.90. The summed E-state index contributed by atoms with van der Waals surface area (Å²) < 4.78 is 0. The molecule has 1 nitrogen and oxygen atoms in total. The third-order valence-electron chi connectivity index (χ3n) is 6.97. The largest absolute Gasteiger partial charge is 0.299 e. The van der Waals surface area contributed by atoms with Crippen LogP contribution in [-0.4, -0.2) is 5.78 Å². The number of hydrogen-bond donors (Lipinski definition) is 0. The van der Waals surface area contributed by atoms with Crippen LogP contribution in [-0.2, 0) is 4.79 Å². The van der Waals surface area contributed by atoms with Crippen molar-refractivity contribution in [1.82, 2.24) is 0 Å². The van der Waals surface area contributed by atoms with Gasteiger partial charge in [0, 0.05) is 23.2 Å². The number of ketones is 1. The van der Waals surface area contributed by atoms with Gasteiger partial charge in [-0.25, -0.2) is 0 Å². The fourth-order valence-electron chi connectivity index (χ4n) is 5.33. The highest BCUT2D eigenvalue weighted by atomic mass is 16.1. The van der Waals surface area contributed by atoms with Crippen LogP contribution >= 0.6 is 0 Å². The van der Waals surface area contributed by atoms with Gasteiger partial charge in [-0.15, -0.1) is 0 Å². The van der Waals surface area contributed by atoms with Crippen molar-refractivity contribution in [1.29, 1.82) is 0 Å². The average molecular weight is 357 g/mol. The minimum absolute atomic E-state index is 0.0521. The average Bonchev–Trinajstić information content (AvgIpc) is 3.03. The van der Waals surface area contributed by atoms with Crippen LogP contribution in [0, 0.1) is 10.8 Å². The maximum Gasteiger partial charge on any atom is 0.143 e. The Kier molecular flexibility index (Phi) is 4.63. The highest BCUT2D eigenvalue weighted by Gasteiger charge is 2.58. The first-order valence-corrected chi connectivity index (χ1v) is 10.2. The van der Waals surface area contributed by atoms with Gasteiger partial charge in [0.2, 0.25) is 0 Å². The van der Waals surface area contributed by atoms with Crippen molar-refractivity contribution in [2.45, 2.75) is 45.4 Å². The van der Waals surface area contributed by atoms with Crippen LogP contribution in [0.2, 0.25) is 0 Å². The van der Waals surface area contributed by atoms with Gasteiger partial charge >= 0.3 is 0 Å². The molecule has 0 radical (unpaired) electrons. The molecule has 0 amide bonds. The maximum atomic E-state index is 13.2. The summed E-state index contributed by atoms with van der Waals surface area (Å²) in [5.41, 5.74) is 3.65. The molecule has 0 saturated heterocycles. The fourth-order valence-corrected chi connectivity index (χ4v) is 5.33. The molecule has 0 aliphatic heterocycles. The van der Waals surface area contributed by atoms with E-state index in [-0.39, 0.29) is 16.7 Å². The van der Waals surface area contributed by atoms with Gasteiger partial charge in [-0.2, -0.15) is 0 Å². The predicted octanol–water partition coefficient (Wildman–Crippen LogP) is 6.58. The molecule has 138 valence electrons. The summed E-state index contributed by atoms with van der Waals surface area (Å²) in [6, 6.07) is 21.1. The van der Waals surface area contributed by atoms with Crippen LogP contribution in [0.4, 0.5) is 0 Å². The van der Waals surface area contributed by atoms with Gasteiger partial charge in [0.05, 0.1) is 0 Å². The molecular formula is C26H28O. The highest BCUT2D eigenvalue weighted by molar-refractivity contribution is 5.91. The first-order chi connectivity index (χ1) is 13.1. The van der Waals surface area contributed by atoms with Crippen molar-refractivity contribution in [2.75, 3.05) is 0 Å². The fraction of sp³-hybridized carbons (Fsp3) is 0.346. The molecule has 2 aromatic rings. The smallest absolute Gasteiger partial charge is 0.143 e. The summed E-state index contributed by atoms with van der Waals surface area (Å²) in [6.07, 6.45) is 10.4. The van der Waals surface area contributed by atoms with E-state index in [1.807, 2.05) is 6.07 Å². The Morgan fingerprint density at radius 3 is 2.22 bits per heavy atom. The number of carbonyl (C=O) groups is 1. The number of rotatable bonds is 5. The van der Waals surface area contributed by atoms with E-state index in [1.54, 1.807) is 0 Å². The minimum Gasteiger partial charge on any atom is -0.299 e. The second-order valence-corrected chi connectivity index (χ2v) is 8.13. The zero-order valence-electron chi connectivity index (χ0n) is 16.3. The highest BCUT2D eigenvalue weighted by Crippen LogP contribution is 2.64. The quantitative estimate of drug-likeness (QED) is 0.591. The second-order valence-electron chi connectivity index (χ2n) is 8.13. The molecule has 0 N–H and O–H groups in total. The molecule has 0 aromatic heterocycles. The van der Waals surface area contributed by atoms with Crippen molar-refractivity contribution in [3.63, 3.8) is 0 Å². The number of benzene rings is 2. The van der Waals surface area contributed by atoms with Crippen LogP contribution in [0.1, 0.15) is 56.6 Å². The van der Waals surface area contributed by atoms with Crippen LogP contribution in [0.15, 0.2) is 78.4 Å². The van der Waals surface area contributed by atoms with Crippen molar-refractivity contribution >= 4 is 11.9 Å². The molecule has 2 aliphatic carbocycles. The molecule has 0 spiro atoms. The Labute approximate surface area is 162 Å².